The lowest BCUT2D eigenvalue weighted by atomic mass is 10.2. The minimum Gasteiger partial charge on any atom is -0.506 e. The summed E-state index contributed by atoms with van der Waals surface area (Å²) < 4.78 is 7.55. The smallest absolute Gasteiger partial charge is 0.139 e. The summed E-state index contributed by atoms with van der Waals surface area (Å²) in [6, 6.07) is 7.60. The van der Waals surface area contributed by atoms with E-state index in [0.29, 0.717) is 12.4 Å². The van der Waals surface area contributed by atoms with Crippen molar-refractivity contribution in [3.8, 4) is 5.75 Å². The zero-order valence-electron chi connectivity index (χ0n) is 9.90. The van der Waals surface area contributed by atoms with E-state index in [4.69, 9.17) is 4.74 Å². The number of fused-ring (bicyclic) bond motifs is 1. The molecule has 0 saturated carbocycles. The van der Waals surface area contributed by atoms with E-state index in [0.717, 1.165) is 16.6 Å². The van der Waals surface area contributed by atoms with Crippen molar-refractivity contribution in [1.29, 1.82) is 0 Å². The normalized spacial score (nSPS) is 11.5. The molecular weight excluding hydrogens is 202 g/mol. The molecule has 0 amide bonds. The summed E-state index contributed by atoms with van der Waals surface area (Å²) >= 11 is 0. The third kappa shape index (κ3) is 1.91. The van der Waals surface area contributed by atoms with Gasteiger partial charge in [-0.1, -0.05) is 12.1 Å². The Hall–Kier alpha value is -1.48. The molecule has 0 fully saturated rings. The third-order valence-electron chi connectivity index (χ3n) is 2.70. The lowest BCUT2D eigenvalue weighted by Gasteiger charge is -2.08. The molecule has 1 heterocycles. The number of phenolic OH excluding ortho intramolecular Hbond substituents is 1. The van der Waals surface area contributed by atoms with Gasteiger partial charge in [0.25, 0.3) is 0 Å². The van der Waals surface area contributed by atoms with Gasteiger partial charge in [0.15, 0.2) is 0 Å². The first-order valence-electron chi connectivity index (χ1n) is 5.47. The maximum absolute atomic E-state index is 9.78. The third-order valence-corrected chi connectivity index (χ3v) is 2.70. The predicted molar refractivity (Wildman–Crippen MR) is 64.5 cm³/mol. The van der Waals surface area contributed by atoms with Crippen LogP contribution in [-0.2, 0) is 18.4 Å². The van der Waals surface area contributed by atoms with Crippen LogP contribution in [0.1, 0.15) is 19.5 Å². The average molecular weight is 219 g/mol. The number of aryl methyl sites for hydroxylation is 1. The number of rotatable bonds is 3. The molecule has 3 nitrogen and oxygen atoms in total. The van der Waals surface area contributed by atoms with E-state index in [9.17, 15) is 5.11 Å². The van der Waals surface area contributed by atoms with Crippen molar-refractivity contribution in [2.75, 3.05) is 0 Å². The minimum absolute atomic E-state index is 0.214. The van der Waals surface area contributed by atoms with Crippen molar-refractivity contribution in [2.45, 2.75) is 26.6 Å². The van der Waals surface area contributed by atoms with Crippen molar-refractivity contribution in [1.82, 2.24) is 4.57 Å². The fourth-order valence-corrected chi connectivity index (χ4v) is 1.84. The maximum Gasteiger partial charge on any atom is 0.139 e. The number of aromatic hydroxyl groups is 1. The second-order valence-electron chi connectivity index (χ2n) is 4.27. The fraction of sp³-hybridized carbons (Fsp3) is 0.385. The molecule has 0 aliphatic rings. The molecule has 0 atom stereocenters. The highest BCUT2D eigenvalue weighted by Gasteiger charge is 2.09. The van der Waals surface area contributed by atoms with Crippen molar-refractivity contribution >= 4 is 10.9 Å². The number of aromatic nitrogens is 1. The van der Waals surface area contributed by atoms with Gasteiger partial charge in [-0.3, -0.25) is 0 Å². The van der Waals surface area contributed by atoms with E-state index in [1.54, 1.807) is 6.07 Å². The maximum atomic E-state index is 9.78. The summed E-state index contributed by atoms with van der Waals surface area (Å²) in [5, 5.41) is 10.8. The SMILES string of the molecule is CC(C)OCc1cc2cccc(O)c2n1C. The Balaban J connectivity index is 2.40. The van der Waals surface area contributed by atoms with Crippen molar-refractivity contribution in [2.24, 2.45) is 7.05 Å². The Morgan fingerprint density at radius 3 is 2.75 bits per heavy atom. The highest BCUT2D eigenvalue weighted by molar-refractivity contribution is 5.86. The minimum atomic E-state index is 0.214. The summed E-state index contributed by atoms with van der Waals surface area (Å²) in [6.45, 7) is 4.60. The zero-order chi connectivity index (χ0) is 11.7. The summed E-state index contributed by atoms with van der Waals surface area (Å²) in [6.07, 6.45) is 0.214. The van der Waals surface area contributed by atoms with Crippen LogP contribution >= 0.6 is 0 Å². The van der Waals surface area contributed by atoms with Gasteiger partial charge in [-0.15, -0.1) is 0 Å². The molecule has 0 aliphatic carbocycles. The quantitative estimate of drug-likeness (QED) is 0.861. The standard InChI is InChI=1S/C13H17NO2/c1-9(2)16-8-11-7-10-5-4-6-12(15)13(10)14(11)3/h4-7,9,15H,8H2,1-3H3. The van der Waals surface area contributed by atoms with E-state index in [2.05, 4.69) is 6.07 Å². The highest BCUT2D eigenvalue weighted by Crippen LogP contribution is 2.27. The predicted octanol–water partition coefficient (Wildman–Crippen LogP) is 2.81. The van der Waals surface area contributed by atoms with Gasteiger partial charge < -0.3 is 14.4 Å². The molecule has 2 aromatic rings. The van der Waals surface area contributed by atoms with E-state index in [1.807, 2.05) is 37.6 Å². The first kappa shape index (κ1) is 11.0. The fourth-order valence-electron chi connectivity index (χ4n) is 1.84. The highest BCUT2D eigenvalue weighted by atomic mass is 16.5. The van der Waals surface area contributed by atoms with E-state index in [-0.39, 0.29) is 6.10 Å². The summed E-state index contributed by atoms with van der Waals surface area (Å²) in [7, 11) is 1.95. The molecule has 16 heavy (non-hydrogen) atoms. The van der Waals surface area contributed by atoms with Crippen molar-refractivity contribution in [3.05, 3.63) is 30.0 Å². The lowest BCUT2D eigenvalue weighted by molar-refractivity contribution is 0.0624. The van der Waals surface area contributed by atoms with Crippen LogP contribution in [0.2, 0.25) is 0 Å². The molecule has 1 aromatic carbocycles. The van der Waals surface area contributed by atoms with Gasteiger partial charge >= 0.3 is 0 Å². The van der Waals surface area contributed by atoms with Crippen LogP contribution in [0, 0.1) is 0 Å². The first-order valence-corrected chi connectivity index (χ1v) is 5.47. The van der Waals surface area contributed by atoms with Gasteiger partial charge in [0, 0.05) is 18.1 Å². The Morgan fingerprint density at radius 1 is 1.38 bits per heavy atom. The van der Waals surface area contributed by atoms with Gasteiger partial charge in [-0.05, 0) is 26.0 Å². The number of phenols is 1. The summed E-state index contributed by atoms with van der Waals surface area (Å²) in [5.41, 5.74) is 1.94. The first-order chi connectivity index (χ1) is 7.59. The second-order valence-corrected chi connectivity index (χ2v) is 4.27. The molecule has 0 spiro atoms. The largest absolute Gasteiger partial charge is 0.506 e. The van der Waals surface area contributed by atoms with Crippen molar-refractivity contribution < 1.29 is 9.84 Å². The molecule has 0 aliphatic heterocycles. The molecular formula is C13H17NO2. The van der Waals surface area contributed by atoms with Gasteiger partial charge in [0.1, 0.15) is 5.75 Å². The molecule has 0 saturated heterocycles. The molecule has 0 radical (unpaired) electrons. The molecule has 2 rings (SSSR count). The van der Waals surface area contributed by atoms with E-state index in [1.165, 1.54) is 0 Å². The Labute approximate surface area is 95.3 Å². The monoisotopic (exact) mass is 219 g/mol. The molecule has 86 valence electrons. The van der Waals surface area contributed by atoms with E-state index >= 15 is 0 Å². The van der Waals surface area contributed by atoms with Gasteiger partial charge in [-0.25, -0.2) is 0 Å². The number of nitrogens with zero attached hydrogens (tertiary/aromatic N) is 1. The van der Waals surface area contributed by atoms with Crippen LogP contribution in [0.3, 0.4) is 0 Å². The molecule has 3 heteroatoms. The summed E-state index contributed by atoms with van der Waals surface area (Å²) in [4.78, 5) is 0. The van der Waals surface area contributed by atoms with Crippen LogP contribution in [0.25, 0.3) is 10.9 Å². The Morgan fingerprint density at radius 2 is 2.12 bits per heavy atom. The summed E-state index contributed by atoms with van der Waals surface area (Å²) in [5.74, 6) is 0.316. The van der Waals surface area contributed by atoms with Gasteiger partial charge in [0.2, 0.25) is 0 Å². The number of ether oxygens (including phenoxy) is 1. The van der Waals surface area contributed by atoms with Crippen LogP contribution in [0.5, 0.6) is 5.75 Å². The molecule has 0 unspecified atom stereocenters. The number of hydrogen-bond acceptors (Lipinski definition) is 2. The van der Waals surface area contributed by atoms with Crippen LogP contribution < -0.4 is 0 Å². The number of benzene rings is 1. The molecule has 0 bridgehead atoms. The van der Waals surface area contributed by atoms with Gasteiger partial charge in [0.05, 0.1) is 18.2 Å². The topological polar surface area (TPSA) is 34.4 Å². The van der Waals surface area contributed by atoms with Crippen LogP contribution in [0.4, 0.5) is 0 Å². The lowest BCUT2D eigenvalue weighted by Crippen LogP contribution is -2.05. The Bertz CT molecular complexity index is 500. The number of para-hydroxylation sites is 1. The Kier molecular flexibility index (Phi) is 2.88. The van der Waals surface area contributed by atoms with Crippen molar-refractivity contribution in [3.63, 3.8) is 0 Å². The number of hydrogen-bond donors (Lipinski definition) is 1. The molecule has 1 N–H and O–H groups in total. The van der Waals surface area contributed by atoms with Crippen LogP contribution in [0.15, 0.2) is 24.3 Å². The van der Waals surface area contributed by atoms with E-state index < -0.39 is 0 Å². The second kappa shape index (κ2) is 4.18. The molecule has 1 aromatic heterocycles. The van der Waals surface area contributed by atoms with Gasteiger partial charge in [-0.2, -0.15) is 0 Å². The average Bonchev–Trinajstić information content (AvgIpc) is 2.54. The van der Waals surface area contributed by atoms with Crippen LogP contribution in [-0.4, -0.2) is 15.8 Å². The zero-order valence-corrected chi connectivity index (χ0v) is 9.90.